The predicted molar refractivity (Wildman–Crippen MR) is 254 cm³/mol. The lowest BCUT2D eigenvalue weighted by atomic mass is 9.84. The number of nitrogens with two attached hydrogens (primary N) is 1. The van der Waals surface area contributed by atoms with Crippen molar-refractivity contribution in [2.45, 2.75) is 0 Å². The topological polar surface area (TPSA) is 62.9 Å². The Morgan fingerprint density at radius 1 is 0.450 bits per heavy atom. The van der Waals surface area contributed by atoms with Crippen LogP contribution in [0.2, 0.25) is 0 Å². The van der Waals surface area contributed by atoms with Crippen molar-refractivity contribution in [1.82, 2.24) is 4.98 Å². The number of aromatic nitrogens is 1. The van der Waals surface area contributed by atoms with Crippen LogP contribution in [0.5, 0.6) is 0 Å². The van der Waals surface area contributed by atoms with E-state index in [0.717, 1.165) is 28.1 Å². The van der Waals surface area contributed by atoms with Gasteiger partial charge in [-0.1, -0.05) is 158 Å². The average molecular weight is 768 g/mol. The molecule has 10 aromatic rings. The van der Waals surface area contributed by atoms with E-state index in [-0.39, 0.29) is 0 Å². The first-order chi connectivity index (χ1) is 29.7. The third kappa shape index (κ3) is 6.05. The van der Waals surface area contributed by atoms with Crippen LogP contribution in [0.25, 0.3) is 92.8 Å². The number of aliphatic imine (C=N–C) groups is 1. The number of nitrogens with one attached hydrogen (secondary N) is 1. The third-order valence-corrected chi connectivity index (χ3v) is 11.9. The SMILES string of the molecule is [NH2+]=C1C=C(c2c3ccccc3c(-c3ccc4ccccc4c3)c3ccccc23)C=CC1=NCNc1ccc(-c2c3ccccc3c(-c3cccnc3)c3ccccc23)cc1. The Morgan fingerprint density at radius 2 is 0.950 bits per heavy atom. The molecule has 0 radical (unpaired) electrons. The van der Waals surface area contributed by atoms with Gasteiger partial charge < -0.3 is 5.32 Å². The Kier molecular flexibility index (Phi) is 8.67. The molecular weight excluding hydrogens is 729 g/mol. The van der Waals surface area contributed by atoms with Crippen LogP contribution in [0.1, 0.15) is 5.56 Å². The molecule has 0 saturated heterocycles. The van der Waals surface area contributed by atoms with Crippen molar-refractivity contribution >= 4 is 76.5 Å². The Morgan fingerprint density at radius 3 is 1.50 bits per heavy atom. The smallest absolute Gasteiger partial charge is 0.222 e. The molecule has 11 rings (SSSR count). The molecule has 0 atom stereocenters. The fourth-order valence-corrected chi connectivity index (χ4v) is 9.18. The number of allylic oxidation sites excluding steroid dienone is 4. The van der Waals surface area contributed by atoms with Gasteiger partial charge in [-0.15, -0.1) is 0 Å². The van der Waals surface area contributed by atoms with Crippen LogP contribution in [0.15, 0.2) is 212 Å². The molecule has 282 valence electrons. The molecule has 9 aromatic carbocycles. The van der Waals surface area contributed by atoms with E-state index >= 15 is 0 Å². The lowest BCUT2D eigenvalue weighted by Gasteiger charge is -2.19. The maximum Gasteiger partial charge on any atom is 0.222 e. The summed E-state index contributed by atoms with van der Waals surface area (Å²) in [5.41, 5.74) is 11.8. The summed E-state index contributed by atoms with van der Waals surface area (Å²) < 4.78 is 0. The van der Waals surface area contributed by atoms with Gasteiger partial charge in [0.25, 0.3) is 0 Å². The van der Waals surface area contributed by atoms with E-state index in [9.17, 15) is 0 Å². The summed E-state index contributed by atoms with van der Waals surface area (Å²) in [6.07, 6.45) is 10.1. The number of anilines is 1. The Hall–Kier alpha value is -7.95. The molecule has 0 saturated carbocycles. The van der Waals surface area contributed by atoms with Gasteiger partial charge in [0.2, 0.25) is 5.71 Å². The van der Waals surface area contributed by atoms with E-state index in [2.05, 4.69) is 192 Å². The minimum Gasteiger partial charge on any atom is -0.366 e. The fourth-order valence-electron chi connectivity index (χ4n) is 9.18. The van der Waals surface area contributed by atoms with Gasteiger partial charge in [-0.25, -0.2) is 0 Å². The molecule has 4 heteroatoms. The van der Waals surface area contributed by atoms with Crippen LogP contribution < -0.4 is 10.7 Å². The second-order valence-corrected chi connectivity index (χ2v) is 15.3. The Balaban J connectivity index is 0.880. The number of nitrogens with zero attached hydrogens (tertiary/aromatic N) is 2. The molecule has 3 N–H and O–H groups in total. The van der Waals surface area contributed by atoms with E-state index < -0.39 is 0 Å². The molecule has 1 aliphatic rings. The van der Waals surface area contributed by atoms with Gasteiger partial charge in [0.15, 0.2) is 0 Å². The van der Waals surface area contributed by atoms with E-state index in [0.29, 0.717) is 12.4 Å². The van der Waals surface area contributed by atoms with Crippen LogP contribution in [-0.2, 0) is 0 Å². The molecule has 60 heavy (non-hydrogen) atoms. The zero-order valence-corrected chi connectivity index (χ0v) is 32.8. The van der Waals surface area contributed by atoms with Crippen molar-refractivity contribution in [3.8, 4) is 33.4 Å². The van der Waals surface area contributed by atoms with Crippen LogP contribution in [-0.4, -0.2) is 23.1 Å². The fraction of sp³-hybridized carbons (Fsp3) is 0.0179. The zero-order chi connectivity index (χ0) is 40.0. The van der Waals surface area contributed by atoms with E-state index in [4.69, 9.17) is 10.4 Å². The highest BCUT2D eigenvalue weighted by molar-refractivity contribution is 6.50. The molecule has 1 aliphatic carbocycles. The summed E-state index contributed by atoms with van der Waals surface area (Å²) in [5, 5.41) is 22.4. The molecule has 4 nitrogen and oxygen atoms in total. The zero-order valence-electron chi connectivity index (χ0n) is 32.8. The summed E-state index contributed by atoms with van der Waals surface area (Å²) in [6.45, 7) is 0.390. The van der Waals surface area contributed by atoms with Crippen molar-refractivity contribution in [3.05, 3.63) is 212 Å². The Labute approximate surface area is 348 Å². The summed E-state index contributed by atoms with van der Waals surface area (Å²) in [5.74, 6) is 0. The van der Waals surface area contributed by atoms with Crippen LogP contribution in [0, 0.1) is 0 Å². The van der Waals surface area contributed by atoms with E-state index in [1.54, 1.807) is 0 Å². The number of fused-ring (bicyclic) bond motifs is 5. The lowest BCUT2D eigenvalue weighted by Crippen LogP contribution is -2.44. The Bertz CT molecular complexity index is 3320. The standard InChI is InChI=1S/C56H38N4/c57-51-33-40(55-47-19-7-5-17-45(47)54(46-18-6-8-20-48(46)55)39-24-23-36-12-1-2-13-38(36)32-39)27-30-52(51)60-35-59-42-28-25-37(26-29-42)53-43-15-3-9-21-49(43)56(41-14-11-31-58-34-41)50-22-10-4-16-44(50)53/h1-34,57,59H,35H2/p+1. The quantitative estimate of drug-likeness (QED) is 0.125. The van der Waals surface area contributed by atoms with Crippen molar-refractivity contribution < 1.29 is 5.41 Å². The van der Waals surface area contributed by atoms with Crippen molar-refractivity contribution in [1.29, 1.82) is 0 Å². The number of benzene rings is 9. The molecule has 0 bridgehead atoms. The number of hydrogen-bond donors (Lipinski definition) is 2. The maximum absolute atomic E-state index is 6.80. The maximum atomic E-state index is 6.80. The minimum atomic E-state index is 0.390. The molecule has 0 spiro atoms. The molecule has 1 heterocycles. The summed E-state index contributed by atoms with van der Waals surface area (Å²) in [4.78, 5) is 9.34. The third-order valence-electron chi connectivity index (χ3n) is 11.9. The van der Waals surface area contributed by atoms with Gasteiger partial charge in [0.05, 0.1) is 0 Å². The highest BCUT2D eigenvalue weighted by Gasteiger charge is 2.21. The molecule has 0 aliphatic heterocycles. The average Bonchev–Trinajstić information content (AvgIpc) is 3.31. The van der Waals surface area contributed by atoms with Crippen molar-refractivity contribution in [2.75, 3.05) is 12.0 Å². The van der Waals surface area contributed by atoms with Gasteiger partial charge in [-0.2, -0.15) is 0 Å². The number of hydrogen-bond acceptors (Lipinski definition) is 3. The molecule has 0 fully saturated rings. The molecular formula is C56H39N4+. The number of pyridine rings is 1. The van der Waals surface area contributed by atoms with Gasteiger partial charge in [0, 0.05) is 29.7 Å². The molecule has 0 amide bonds. The van der Waals surface area contributed by atoms with Crippen LogP contribution >= 0.6 is 0 Å². The summed E-state index contributed by atoms with van der Waals surface area (Å²) >= 11 is 0. The minimum absolute atomic E-state index is 0.390. The molecule has 0 unspecified atom stereocenters. The van der Waals surface area contributed by atoms with Gasteiger partial charge in [-0.05, 0) is 123 Å². The predicted octanol–water partition coefficient (Wildman–Crippen LogP) is 12.5. The summed E-state index contributed by atoms with van der Waals surface area (Å²) in [7, 11) is 0. The van der Waals surface area contributed by atoms with Gasteiger partial charge in [0.1, 0.15) is 12.4 Å². The summed E-state index contributed by atoms with van der Waals surface area (Å²) in [6, 6.07) is 63.0. The largest absolute Gasteiger partial charge is 0.366 e. The highest BCUT2D eigenvalue weighted by Crippen LogP contribution is 2.45. The van der Waals surface area contributed by atoms with Crippen molar-refractivity contribution in [3.63, 3.8) is 0 Å². The van der Waals surface area contributed by atoms with Crippen LogP contribution in [0.3, 0.4) is 0 Å². The monoisotopic (exact) mass is 767 g/mol. The molecule has 1 aromatic heterocycles. The van der Waals surface area contributed by atoms with E-state index in [1.165, 1.54) is 81.7 Å². The normalized spacial score (nSPS) is 13.5. The second kappa shape index (κ2) is 14.8. The van der Waals surface area contributed by atoms with Gasteiger partial charge >= 0.3 is 0 Å². The number of rotatable bonds is 7. The second-order valence-electron chi connectivity index (χ2n) is 15.3. The van der Waals surface area contributed by atoms with Crippen molar-refractivity contribution in [2.24, 2.45) is 4.99 Å². The highest BCUT2D eigenvalue weighted by atomic mass is 15.0. The first kappa shape index (κ1) is 35.2. The van der Waals surface area contributed by atoms with Gasteiger partial charge in [-0.3, -0.25) is 15.4 Å². The lowest BCUT2D eigenvalue weighted by molar-refractivity contribution is -0.108. The first-order valence-corrected chi connectivity index (χ1v) is 20.4. The first-order valence-electron chi connectivity index (χ1n) is 20.4. The van der Waals surface area contributed by atoms with E-state index in [1.807, 2.05) is 24.5 Å². The van der Waals surface area contributed by atoms with Crippen LogP contribution in [0.4, 0.5) is 5.69 Å².